The summed E-state index contributed by atoms with van der Waals surface area (Å²) in [4.78, 5) is 11.9. The monoisotopic (exact) mass is 367 g/mol. The molecule has 7 nitrogen and oxygen atoms in total. The zero-order valence-electron chi connectivity index (χ0n) is 14.6. The number of nitrogens with one attached hydrogen (secondary N) is 1. The lowest BCUT2D eigenvalue weighted by Crippen LogP contribution is -2.53. The Labute approximate surface area is 139 Å². The molecule has 1 amide bonds. The molecule has 1 aliphatic rings. The Hall–Kier alpha value is -0.643. The number of rotatable bonds is 6. The van der Waals surface area contributed by atoms with E-state index in [2.05, 4.69) is 25.0 Å². The molecule has 1 heterocycles. The highest BCUT2D eigenvalue weighted by Crippen LogP contribution is 2.29. The van der Waals surface area contributed by atoms with Crippen LogP contribution in [-0.4, -0.2) is 57.7 Å². The summed E-state index contributed by atoms with van der Waals surface area (Å²) in [6.07, 6.45) is -0.149. The molecule has 0 aromatic heterocycles. The first kappa shape index (κ1) is 20.4. The van der Waals surface area contributed by atoms with Gasteiger partial charge in [0.15, 0.2) is 0 Å². The van der Waals surface area contributed by atoms with Crippen molar-refractivity contribution in [3.05, 3.63) is 0 Å². The zero-order valence-corrected chi connectivity index (χ0v) is 16.4. The number of hydrogen-bond donors (Lipinski definition) is 2. The first-order valence-corrected chi connectivity index (χ1v) is 13.1. The highest BCUT2D eigenvalue weighted by atomic mass is 32.2. The Morgan fingerprint density at radius 2 is 2.00 bits per heavy atom. The molecule has 1 aliphatic heterocycles. The minimum atomic E-state index is -4.12. The van der Waals surface area contributed by atoms with Gasteiger partial charge in [-0.1, -0.05) is 19.6 Å². The van der Waals surface area contributed by atoms with E-state index < -0.39 is 47.6 Å². The van der Waals surface area contributed by atoms with Crippen molar-refractivity contribution >= 4 is 24.3 Å². The van der Waals surface area contributed by atoms with Crippen LogP contribution in [0.1, 0.15) is 20.3 Å². The molecule has 0 unspecified atom stereocenters. The van der Waals surface area contributed by atoms with Crippen molar-refractivity contribution in [1.29, 1.82) is 0 Å². The van der Waals surface area contributed by atoms with E-state index in [0.29, 0.717) is 13.0 Å². The average Bonchev–Trinajstić information content (AvgIpc) is 2.28. The topological polar surface area (TPSA) is 102 Å². The van der Waals surface area contributed by atoms with Crippen molar-refractivity contribution < 1.29 is 27.2 Å². The van der Waals surface area contributed by atoms with Crippen LogP contribution < -0.4 is 5.32 Å². The number of carbonyl (C=O) groups is 1. The van der Waals surface area contributed by atoms with Gasteiger partial charge in [-0.2, -0.15) is 8.42 Å². The van der Waals surface area contributed by atoms with E-state index in [9.17, 15) is 13.2 Å². The molecule has 0 aliphatic carbocycles. The highest BCUT2D eigenvalue weighted by molar-refractivity contribution is 7.85. The Kier molecular flexibility index (Phi) is 6.65. The predicted octanol–water partition coefficient (Wildman–Crippen LogP) is 2.12. The minimum absolute atomic E-state index is 0.191. The van der Waals surface area contributed by atoms with Gasteiger partial charge in [0.05, 0.1) is 30.6 Å². The van der Waals surface area contributed by atoms with Gasteiger partial charge in [0.25, 0.3) is 10.1 Å². The summed E-state index contributed by atoms with van der Waals surface area (Å²) < 4.78 is 42.3. The van der Waals surface area contributed by atoms with Crippen molar-refractivity contribution in [2.45, 2.75) is 57.6 Å². The maximum atomic E-state index is 11.9. The number of hydrogen-bond acceptors (Lipinski definition) is 5. The van der Waals surface area contributed by atoms with Crippen LogP contribution in [0.2, 0.25) is 25.7 Å². The van der Waals surface area contributed by atoms with E-state index in [4.69, 9.17) is 14.0 Å². The molecule has 1 fully saturated rings. The second-order valence-electron chi connectivity index (χ2n) is 7.98. The summed E-state index contributed by atoms with van der Waals surface area (Å²) in [7, 11) is -5.40. The molecular weight excluding hydrogens is 338 g/mol. The number of carbonyl (C=O) groups excluding carboxylic acids is 1. The van der Waals surface area contributed by atoms with Crippen molar-refractivity contribution in [2.75, 3.05) is 19.0 Å². The zero-order chi connectivity index (χ0) is 17.9. The molecular formula is C14H29NO6SSi. The highest BCUT2D eigenvalue weighted by Gasteiger charge is 2.38. The third kappa shape index (κ3) is 8.68. The molecule has 1 saturated heterocycles. The van der Waals surface area contributed by atoms with Gasteiger partial charge >= 0.3 is 6.09 Å². The van der Waals surface area contributed by atoms with E-state index in [1.807, 2.05) is 13.8 Å². The summed E-state index contributed by atoms with van der Waals surface area (Å²) in [5.41, 5.74) is -0.491. The van der Waals surface area contributed by atoms with Crippen LogP contribution in [0.3, 0.4) is 0 Å². The summed E-state index contributed by atoms with van der Waals surface area (Å²) in [6, 6.07) is 0.368. The lowest BCUT2D eigenvalue weighted by molar-refractivity contribution is -0.0840. The second-order valence-corrected chi connectivity index (χ2v) is 15.1. The third-order valence-corrected chi connectivity index (χ3v) is 6.34. The first-order chi connectivity index (χ1) is 10.3. The van der Waals surface area contributed by atoms with Gasteiger partial charge in [-0.25, -0.2) is 4.79 Å². The molecule has 0 radical (unpaired) electrons. The molecule has 9 heteroatoms. The van der Waals surface area contributed by atoms with Crippen LogP contribution in [-0.2, 0) is 19.6 Å². The molecule has 23 heavy (non-hydrogen) atoms. The molecule has 0 spiro atoms. The van der Waals surface area contributed by atoms with Gasteiger partial charge in [-0.05, 0) is 26.3 Å². The smallest absolute Gasteiger partial charge is 0.407 e. The Morgan fingerprint density at radius 1 is 1.39 bits per heavy atom. The van der Waals surface area contributed by atoms with Crippen molar-refractivity contribution in [3.8, 4) is 0 Å². The Bertz CT molecular complexity index is 514. The SMILES string of the molecule is CC1(C)C[C@@H](CS(=O)(=O)O)[C@@H](NC(=O)OCC[Si](C)(C)C)CO1. The molecule has 1 rings (SSSR count). The minimum Gasteiger partial charge on any atom is -0.450 e. The lowest BCUT2D eigenvalue weighted by atomic mass is 9.86. The molecule has 2 N–H and O–H groups in total. The lowest BCUT2D eigenvalue weighted by Gasteiger charge is -2.40. The van der Waals surface area contributed by atoms with Crippen LogP contribution in [0.25, 0.3) is 0 Å². The fraction of sp³-hybridized carbons (Fsp3) is 0.929. The standard InChI is InChI=1S/C14H29NO6SSi/c1-14(2)8-11(10-22(17,18)19)12(9-21-14)15-13(16)20-6-7-23(3,4)5/h11-12H,6-10H2,1-5H3,(H,15,16)(H,17,18,19)/t11-,12-/m0/s1. The summed E-state index contributed by atoms with van der Waals surface area (Å²) in [5, 5.41) is 2.67. The van der Waals surface area contributed by atoms with Crippen molar-refractivity contribution in [2.24, 2.45) is 5.92 Å². The molecule has 2 atom stereocenters. The largest absolute Gasteiger partial charge is 0.450 e. The normalized spacial score (nSPS) is 25.0. The van der Waals surface area contributed by atoms with E-state index in [1.165, 1.54) is 0 Å². The van der Waals surface area contributed by atoms with Gasteiger partial charge < -0.3 is 14.8 Å². The van der Waals surface area contributed by atoms with Crippen LogP contribution in [0.4, 0.5) is 4.79 Å². The van der Waals surface area contributed by atoms with Gasteiger partial charge in [0.2, 0.25) is 0 Å². The van der Waals surface area contributed by atoms with Gasteiger partial charge in [0.1, 0.15) is 0 Å². The summed E-state index contributed by atoms with van der Waals surface area (Å²) in [6.45, 7) is 10.8. The van der Waals surface area contributed by atoms with Crippen LogP contribution >= 0.6 is 0 Å². The number of amides is 1. The fourth-order valence-electron chi connectivity index (χ4n) is 2.53. The molecule has 0 saturated carbocycles. The molecule has 136 valence electrons. The Balaban J connectivity index is 2.59. The van der Waals surface area contributed by atoms with E-state index in [0.717, 1.165) is 6.04 Å². The maximum Gasteiger partial charge on any atom is 0.407 e. The number of alkyl carbamates (subject to hydrolysis) is 1. The van der Waals surface area contributed by atoms with Crippen LogP contribution in [0, 0.1) is 5.92 Å². The van der Waals surface area contributed by atoms with Crippen molar-refractivity contribution in [1.82, 2.24) is 5.32 Å². The van der Waals surface area contributed by atoms with Crippen LogP contribution in [0.15, 0.2) is 0 Å². The maximum absolute atomic E-state index is 11.9. The second kappa shape index (κ2) is 7.50. The average molecular weight is 368 g/mol. The van der Waals surface area contributed by atoms with E-state index in [1.54, 1.807) is 0 Å². The Morgan fingerprint density at radius 3 is 2.52 bits per heavy atom. The van der Waals surface area contributed by atoms with Gasteiger partial charge in [-0.3, -0.25) is 4.55 Å². The summed E-state index contributed by atoms with van der Waals surface area (Å²) in [5.74, 6) is -0.821. The molecule has 0 aromatic carbocycles. The van der Waals surface area contributed by atoms with Crippen molar-refractivity contribution in [3.63, 3.8) is 0 Å². The van der Waals surface area contributed by atoms with Gasteiger partial charge in [-0.15, -0.1) is 0 Å². The van der Waals surface area contributed by atoms with E-state index in [-0.39, 0.29) is 6.61 Å². The summed E-state index contributed by atoms with van der Waals surface area (Å²) >= 11 is 0. The quantitative estimate of drug-likeness (QED) is 0.551. The third-order valence-electron chi connectivity index (χ3n) is 3.79. The first-order valence-electron chi connectivity index (χ1n) is 7.80. The molecule has 0 bridgehead atoms. The predicted molar refractivity (Wildman–Crippen MR) is 91.0 cm³/mol. The van der Waals surface area contributed by atoms with E-state index >= 15 is 0 Å². The van der Waals surface area contributed by atoms with Crippen LogP contribution in [0.5, 0.6) is 0 Å². The fourth-order valence-corrected chi connectivity index (χ4v) is 4.14. The van der Waals surface area contributed by atoms with Gasteiger partial charge in [0, 0.05) is 14.0 Å². The number of ether oxygens (including phenoxy) is 2. The molecule has 0 aromatic rings.